The molecule has 0 amide bonds. The lowest BCUT2D eigenvalue weighted by Crippen LogP contribution is -2.17. The molecule has 2 fully saturated rings. The summed E-state index contributed by atoms with van der Waals surface area (Å²) in [6.07, 6.45) is 0.611. The van der Waals surface area contributed by atoms with E-state index in [0.29, 0.717) is 19.1 Å². The van der Waals surface area contributed by atoms with Gasteiger partial charge < -0.3 is 4.74 Å². The molecule has 2 aliphatic rings. The molecular weight excluding hydrogens is 118 g/mol. The van der Waals surface area contributed by atoms with E-state index < -0.39 is 0 Å². The molecule has 9 heavy (non-hydrogen) atoms. The Hall–Kier alpha value is -0.570. The Kier molecular flexibility index (Phi) is 0.990. The van der Waals surface area contributed by atoms with E-state index in [-0.39, 0.29) is 5.97 Å². The number of nitrogens with zero attached hydrogens (tertiary/aromatic N) is 1. The number of ether oxygens (including phenoxy) is 1. The molecule has 3 heteroatoms. The Balaban J connectivity index is 1.92. The van der Waals surface area contributed by atoms with Crippen molar-refractivity contribution in [3.05, 3.63) is 0 Å². The molecule has 0 N–H and O–H groups in total. The fraction of sp³-hybridized carbons (Fsp3) is 0.833. The zero-order valence-corrected chi connectivity index (χ0v) is 5.17. The molecule has 0 aliphatic carbocycles. The third-order valence-corrected chi connectivity index (χ3v) is 1.84. The van der Waals surface area contributed by atoms with Gasteiger partial charge >= 0.3 is 5.97 Å². The first kappa shape index (κ1) is 5.23. The second-order valence-corrected chi connectivity index (χ2v) is 2.58. The maximum absolute atomic E-state index is 10.5. The lowest BCUT2D eigenvalue weighted by Gasteiger charge is -2.03. The standard InChI is InChI=1S/C6H9NO2/c8-6-3-5(4-9-6)7-1-2-7/h5H,1-4H2. The molecule has 2 rings (SSSR count). The van der Waals surface area contributed by atoms with Crippen LogP contribution in [0.3, 0.4) is 0 Å². The van der Waals surface area contributed by atoms with Crippen molar-refractivity contribution >= 4 is 5.97 Å². The topological polar surface area (TPSA) is 29.3 Å². The van der Waals surface area contributed by atoms with Crippen molar-refractivity contribution in [2.75, 3.05) is 19.7 Å². The summed E-state index contributed by atoms with van der Waals surface area (Å²) in [5.74, 6) is -0.0353. The number of carbonyl (C=O) groups excluding carboxylic acids is 1. The van der Waals surface area contributed by atoms with Gasteiger partial charge in [-0.25, -0.2) is 0 Å². The number of rotatable bonds is 1. The molecule has 0 aromatic heterocycles. The lowest BCUT2D eigenvalue weighted by atomic mass is 10.3. The van der Waals surface area contributed by atoms with Crippen molar-refractivity contribution in [2.45, 2.75) is 12.5 Å². The van der Waals surface area contributed by atoms with Crippen LogP contribution in [0.5, 0.6) is 0 Å². The molecule has 0 spiro atoms. The second kappa shape index (κ2) is 1.70. The SMILES string of the molecule is O=C1CC(N2CC2)CO1. The van der Waals surface area contributed by atoms with Crippen LogP contribution in [0.15, 0.2) is 0 Å². The predicted octanol–water partition coefficient (Wildman–Crippen LogP) is -0.383. The van der Waals surface area contributed by atoms with E-state index in [1.807, 2.05) is 0 Å². The molecule has 2 saturated heterocycles. The molecule has 0 bridgehead atoms. The maximum atomic E-state index is 10.5. The van der Waals surface area contributed by atoms with E-state index in [9.17, 15) is 4.79 Å². The van der Waals surface area contributed by atoms with Gasteiger partial charge in [-0.15, -0.1) is 0 Å². The van der Waals surface area contributed by atoms with Gasteiger partial charge in [-0.05, 0) is 0 Å². The summed E-state index contributed by atoms with van der Waals surface area (Å²) >= 11 is 0. The third kappa shape index (κ3) is 0.920. The minimum atomic E-state index is -0.0353. The molecule has 0 radical (unpaired) electrons. The van der Waals surface area contributed by atoms with Gasteiger partial charge in [0.25, 0.3) is 0 Å². The summed E-state index contributed by atoms with van der Waals surface area (Å²) in [7, 11) is 0. The monoisotopic (exact) mass is 127 g/mol. The fourth-order valence-electron chi connectivity index (χ4n) is 1.16. The van der Waals surface area contributed by atoms with E-state index >= 15 is 0 Å². The average molecular weight is 127 g/mol. The smallest absolute Gasteiger partial charge is 0.307 e. The highest BCUT2D eigenvalue weighted by Crippen LogP contribution is 2.19. The minimum absolute atomic E-state index is 0.0353. The van der Waals surface area contributed by atoms with Crippen LogP contribution in [-0.4, -0.2) is 36.6 Å². The van der Waals surface area contributed by atoms with Crippen LogP contribution in [0.2, 0.25) is 0 Å². The number of carbonyl (C=O) groups is 1. The van der Waals surface area contributed by atoms with Crippen LogP contribution in [-0.2, 0) is 9.53 Å². The number of esters is 1. The number of hydrogen-bond acceptors (Lipinski definition) is 3. The fourth-order valence-corrected chi connectivity index (χ4v) is 1.16. The average Bonchev–Trinajstić information content (AvgIpc) is 2.58. The first-order valence-corrected chi connectivity index (χ1v) is 3.26. The quantitative estimate of drug-likeness (QED) is 0.355. The number of cyclic esters (lactones) is 1. The van der Waals surface area contributed by atoms with Crippen LogP contribution in [0, 0.1) is 0 Å². The van der Waals surface area contributed by atoms with E-state index in [1.54, 1.807) is 0 Å². The van der Waals surface area contributed by atoms with Gasteiger partial charge in [0, 0.05) is 13.1 Å². The summed E-state index contributed by atoms with van der Waals surface area (Å²) in [5.41, 5.74) is 0. The van der Waals surface area contributed by atoms with Crippen molar-refractivity contribution in [1.82, 2.24) is 4.90 Å². The Labute approximate surface area is 53.6 Å². The summed E-state index contributed by atoms with van der Waals surface area (Å²) in [6, 6.07) is 0.414. The number of hydrogen-bond donors (Lipinski definition) is 0. The van der Waals surface area contributed by atoms with Gasteiger partial charge in [0.1, 0.15) is 6.61 Å². The van der Waals surface area contributed by atoms with E-state index in [4.69, 9.17) is 4.74 Å². The van der Waals surface area contributed by atoms with Gasteiger partial charge in [-0.3, -0.25) is 9.69 Å². The zero-order chi connectivity index (χ0) is 6.27. The molecule has 1 unspecified atom stereocenters. The highest BCUT2D eigenvalue weighted by molar-refractivity contribution is 5.72. The van der Waals surface area contributed by atoms with Gasteiger partial charge in [-0.1, -0.05) is 0 Å². The van der Waals surface area contributed by atoms with E-state index in [0.717, 1.165) is 13.1 Å². The normalized spacial score (nSPS) is 34.7. The van der Waals surface area contributed by atoms with Crippen LogP contribution in [0.25, 0.3) is 0 Å². The van der Waals surface area contributed by atoms with E-state index in [1.165, 1.54) is 0 Å². The molecule has 2 aliphatic heterocycles. The van der Waals surface area contributed by atoms with Gasteiger partial charge in [0.05, 0.1) is 12.5 Å². The molecule has 1 atom stereocenters. The summed E-state index contributed by atoms with van der Waals surface area (Å²) < 4.78 is 4.79. The van der Waals surface area contributed by atoms with Crippen LogP contribution >= 0.6 is 0 Å². The highest BCUT2D eigenvalue weighted by atomic mass is 16.5. The molecule has 50 valence electrons. The molecule has 0 aromatic rings. The summed E-state index contributed by atoms with van der Waals surface area (Å²) in [6.45, 7) is 2.93. The Morgan fingerprint density at radius 3 is 2.78 bits per heavy atom. The Bertz CT molecular complexity index is 142. The van der Waals surface area contributed by atoms with Crippen LogP contribution < -0.4 is 0 Å². The lowest BCUT2D eigenvalue weighted by molar-refractivity contribution is -0.137. The van der Waals surface area contributed by atoms with Crippen LogP contribution in [0.4, 0.5) is 0 Å². The summed E-state index contributed by atoms with van der Waals surface area (Å²) in [5, 5.41) is 0. The van der Waals surface area contributed by atoms with Crippen molar-refractivity contribution in [2.24, 2.45) is 0 Å². The van der Waals surface area contributed by atoms with Crippen molar-refractivity contribution < 1.29 is 9.53 Å². The van der Waals surface area contributed by atoms with Crippen molar-refractivity contribution in [3.8, 4) is 0 Å². The summed E-state index contributed by atoms with van der Waals surface area (Å²) in [4.78, 5) is 12.8. The van der Waals surface area contributed by atoms with Crippen molar-refractivity contribution in [1.29, 1.82) is 0 Å². The molecular formula is C6H9NO2. The first-order valence-electron chi connectivity index (χ1n) is 3.26. The molecule has 0 aromatic carbocycles. The molecule has 3 nitrogen and oxygen atoms in total. The van der Waals surface area contributed by atoms with Gasteiger partial charge in [-0.2, -0.15) is 0 Å². The van der Waals surface area contributed by atoms with Crippen molar-refractivity contribution in [3.63, 3.8) is 0 Å². The van der Waals surface area contributed by atoms with Crippen LogP contribution in [0.1, 0.15) is 6.42 Å². The highest BCUT2D eigenvalue weighted by Gasteiger charge is 2.34. The Morgan fingerprint density at radius 1 is 1.56 bits per heavy atom. The van der Waals surface area contributed by atoms with E-state index in [2.05, 4.69) is 4.90 Å². The zero-order valence-electron chi connectivity index (χ0n) is 5.17. The minimum Gasteiger partial charge on any atom is -0.464 e. The maximum Gasteiger partial charge on any atom is 0.307 e. The van der Waals surface area contributed by atoms with Gasteiger partial charge in [0.15, 0.2) is 0 Å². The Morgan fingerprint density at radius 2 is 2.33 bits per heavy atom. The predicted molar refractivity (Wildman–Crippen MR) is 30.9 cm³/mol. The largest absolute Gasteiger partial charge is 0.464 e. The second-order valence-electron chi connectivity index (χ2n) is 2.58. The molecule has 0 saturated carbocycles. The molecule has 2 heterocycles. The third-order valence-electron chi connectivity index (χ3n) is 1.84. The van der Waals surface area contributed by atoms with Gasteiger partial charge in [0.2, 0.25) is 0 Å². The first-order chi connectivity index (χ1) is 4.36.